The smallest absolute Gasteiger partial charge is 0.251 e. The van der Waals surface area contributed by atoms with Crippen molar-refractivity contribution >= 4 is 22.4 Å². The molecule has 5 rings (SSSR count). The summed E-state index contributed by atoms with van der Waals surface area (Å²) >= 11 is 0. The van der Waals surface area contributed by atoms with E-state index >= 15 is 0 Å². The van der Waals surface area contributed by atoms with Crippen LogP contribution in [0.25, 0.3) is 10.9 Å². The molecule has 1 aromatic carbocycles. The van der Waals surface area contributed by atoms with Crippen LogP contribution in [0.5, 0.6) is 5.88 Å². The number of hydrogen-bond acceptors (Lipinski definition) is 5. The first kappa shape index (κ1) is 18.1. The molecular formula is C22H22F2N4O. The highest BCUT2D eigenvalue weighted by atomic mass is 19.3. The average molecular weight is 396 g/mol. The molecule has 0 unspecified atom stereocenters. The van der Waals surface area contributed by atoms with Gasteiger partial charge in [-0.15, -0.1) is 0 Å². The van der Waals surface area contributed by atoms with Gasteiger partial charge in [-0.25, -0.2) is 18.7 Å². The number of hydrogen-bond donors (Lipinski definition) is 0. The van der Waals surface area contributed by atoms with E-state index in [0.29, 0.717) is 19.0 Å². The molecule has 0 radical (unpaired) electrons. The van der Waals surface area contributed by atoms with Gasteiger partial charge in [0, 0.05) is 37.5 Å². The third-order valence-corrected chi connectivity index (χ3v) is 5.62. The van der Waals surface area contributed by atoms with E-state index in [9.17, 15) is 8.78 Å². The van der Waals surface area contributed by atoms with E-state index in [-0.39, 0.29) is 18.9 Å². The van der Waals surface area contributed by atoms with Crippen LogP contribution in [0.3, 0.4) is 0 Å². The van der Waals surface area contributed by atoms with E-state index < -0.39 is 5.92 Å². The summed E-state index contributed by atoms with van der Waals surface area (Å²) in [7, 11) is 0. The number of anilines is 2. The molecule has 29 heavy (non-hydrogen) atoms. The van der Waals surface area contributed by atoms with Crippen LogP contribution in [-0.2, 0) is 0 Å². The lowest BCUT2D eigenvalue weighted by Gasteiger charge is -2.40. The predicted octanol–water partition coefficient (Wildman–Crippen LogP) is 4.13. The molecule has 2 aliphatic heterocycles. The SMILES string of the molecule is FC1(F)CCN(c2cccnc2OC2CN(c3ccc4ccccc4n3)C2)CC1. The van der Waals surface area contributed by atoms with Crippen molar-refractivity contribution < 1.29 is 13.5 Å². The summed E-state index contributed by atoms with van der Waals surface area (Å²) in [6.45, 7) is 2.07. The van der Waals surface area contributed by atoms with Crippen molar-refractivity contribution in [1.82, 2.24) is 9.97 Å². The lowest BCUT2D eigenvalue weighted by molar-refractivity contribution is -0.0221. The molecule has 5 nitrogen and oxygen atoms in total. The highest BCUT2D eigenvalue weighted by molar-refractivity contribution is 5.80. The molecule has 2 saturated heterocycles. The van der Waals surface area contributed by atoms with Gasteiger partial charge in [0.05, 0.1) is 24.3 Å². The van der Waals surface area contributed by atoms with Gasteiger partial charge < -0.3 is 14.5 Å². The summed E-state index contributed by atoms with van der Waals surface area (Å²) in [5.74, 6) is -1.11. The van der Waals surface area contributed by atoms with Gasteiger partial charge in [-0.1, -0.05) is 18.2 Å². The van der Waals surface area contributed by atoms with Crippen molar-refractivity contribution in [2.24, 2.45) is 0 Å². The quantitative estimate of drug-likeness (QED) is 0.663. The molecule has 2 aromatic heterocycles. The van der Waals surface area contributed by atoms with Crippen LogP contribution in [0.1, 0.15) is 12.8 Å². The van der Waals surface area contributed by atoms with Crippen molar-refractivity contribution in [3.05, 3.63) is 54.7 Å². The maximum atomic E-state index is 13.5. The van der Waals surface area contributed by atoms with Gasteiger partial charge in [0.2, 0.25) is 5.88 Å². The Balaban J connectivity index is 1.24. The lowest BCUT2D eigenvalue weighted by atomic mass is 10.1. The Morgan fingerprint density at radius 2 is 1.72 bits per heavy atom. The van der Waals surface area contributed by atoms with Crippen LogP contribution < -0.4 is 14.5 Å². The first-order valence-electron chi connectivity index (χ1n) is 9.93. The van der Waals surface area contributed by atoms with E-state index in [0.717, 1.165) is 35.5 Å². The van der Waals surface area contributed by atoms with Crippen LogP contribution in [0.4, 0.5) is 20.3 Å². The molecular weight excluding hydrogens is 374 g/mol. The standard InChI is InChI=1S/C22H22F2N4O/c23-22(24)9-12-27(13-10-22)19-6-3-11-25-21(19)29-17-14-28(15-17)20-8-7-16-4-1-2-5-18(16)26-20/h1-8,11,17H,9-10,12-15H2. The van der Waals surface area contributed by atoms with Gasteiger partial charge in [-0.3, -0.25) is 0 Å². The van der Waals surface area contributed by atoms with Crippen LogP contribution in [-0.4, -0.2) is 48.2 Å². The molecule has 150 valence electrons. The minimum atomic E-state index is -2.57. The fourth-order valence-electron chi connectivity index (χ4n) is 3.88. The zero-order valence-corrected chi connectivity index (χ0v) is 16.0. The summed E-state index contributed by atoms with van der Waals surface area (Å²) in [6.07, 6.45) is 1.42. The Morgan fingerprint density at radius 3 is 2.55 bits per heavy atom. The summed E-state index contributed by atoms with van der Waals surface area (Å²) in [5.41, 5.74) is 1.77. The van der Waals surface area contributed by atoms with Crippen LogP contribution in [0, 0.1) is 0 Å². The van der Waals surface area contributed by atoms with E-state index in [2.05, 4.69) is 16.0 Å². The van der Waals surface area contributed by atoms with Gasteiger partial charge in [0.25, 0.3) is 5.92 Å². The topological polar surface area (TPSA) is 41.5 Å². The molecule has 0 saturated carbocycles. The highest BCUT2D eigenvalue weighted by Crippen LogP contribution is 2.35. The highest BCUT2D eigenvalue weighted by Gasteiger charge is 2.36. The number of fused-ring (bicyclic) bond motifs is 1. The Labute approximate surface area is 167 Å². The Bertz CT molecular complexity index is 1010. The summed E-state index contributed by atoms with van der Waals surface area (Å²) < 4.78 is 33.1. The minimum absolute atomic E-state index is 0.00292. The number of nitrogens with zero attached hydrogens (tertiary/aromatic N) is 4. The van der Waals surface area contributed by atoms with Crippen molar-refractivity contribution in [1.29, 1.82) is 0 Å². The molecule has 0 aliphatic carbocycles. The molecule has 3 aromatic rings. The normalized spacial score (nSPS) is 19.2. The molecule has 0 N–H and O–H groups in total. The molecule has 2 fully saturated rings. The first-order valence-corrected chi connectivity index (χ1v) is 9.93. The number of para-hydroxylation sites is 1. The Kier molecular flexibility index (Phi) is 4.45. The van der Waals surface area contributed by atoms with Crippen LogP contribution >= 0.6 is 0 Å². The van der Waals surface area contributed by atoms with Gasteiger partial charge in [-0.2, -0.15) is 0 Å². The summed E-state index contributed by atoms with van der Waals surface area (Å²) in [4.78, 5) is 13.2. The zero-order chi connectivity index (χ0) is 19.8. The first-order chi connectivity index (χ1) is 14.1. The number of rotatable bonds is 4. The second kappa shape index (κ2) is 7.13. The minimum Gasteiger partial charge on any atom is -0.469 e. The number of piperidine rings is 1. The van der Waals surface area contributed by atoms with E-state index in [1.54, 1.807) is 6.20 Å². The maximum Gasteiger partial charge on any atom is 0.251 e. The largest absolute Gasteiger partial charge is 0.469 e. The summed E-state index contributed by atoms with van der Waals surface area (Å²) in [6, 6.07) is 15.9. The number of alkyl halides is 2. The Morgan fingerprint density at radius 1 is 0.931 bits per heavy atom. The molecule has 2 aliphatic rings. The third-order valence-electron chi connectivity index (χ3n) is 5.62. The van der Waals surface area contributed by atoms with Gasteiger partial charge in [-0.05, 0) is 30.3 Å². The van der Waals surface area contributed by atoms with Crippen molar-refractivity contribution in [2.75, 3.05) is 36.0 Å². The number of pyridine rings is 2. The summed E-state index contributed by atoms with van der Waals surface area (Å²) in [5, 5.41) is 1.12. The van der Waals surface area contributed by atoms with Crippen LogP contribution in [0.2, 0.25) is 0 Å². The number of aromatic nitrogens is 2. The number of halogens is 2. The fourth-order valence-corrected chi connectivity index (χ4v) is 3.88. The Hall–Kier alpha value is -2.96. The molecule has 0 bridgehead atoms. The number of benzene rings is 1. The van der Waals surface area contributed by atoms with Gasteiger partial charge in [0.15, 0.2) is 0 Å². The van der Waals surface area contributed by atoms with Crippen molar-refractivity contribution in [2.45, 2.75) is 24.9 Å². The molecule has 0 atom stereocenters. The van der Waals surface area contributed by atoms with Crippen molar-refractivity contribution in [3.8, 4) is 5.88 Å². The third kappa shape index (κ3) is 3.69. The maximum absolute atomic E-state index is 13.5. The predicted molar refractivity (Wildman–Crippen MR) is 109 cm³/mol. The van der Waals surface area contributed by atoms with Crippen LogP contribution in [0.15, 0.2) is 54.7 Å². The van der Waals surface area contributed by atoms with E-state index in [1.807, 2.05) is 47.4 Å². The molecule has 0 spiro atoms. The number of ether oxygens (including phenoxy) is 1. The van der Waals surface area contributed by atoms with E-state index in [4.69, 9.17) is 9.72 Å². The monoisotopic (exact) mass is 396 g/mol. The molecule has 0 amide bonds. The van der Waals surface area contributed by atoms with Crippen molar-refractivity contribution in [3.63, 3.8) is 0 Å². The van der Waals surface area contributed by atoms with E-state index in [1.165, 1.54) is 0 Å². The van der Waals surface area contributed by atoms with Gasteiger partial charge in [0.1, 0.15) is 11.9 Å². The molecule has 7 heteroatoms. The average Bonchev–Trinajstić information content (AvgIpc) is 2.70. The fraction of sp³-hybridized carbons (Fsp3) is 0.364. The second-order valence-corrected chi connectivity index (χ2v) is 7.68. The van der Waals surface area contributed by atoms with Gasteiger partial charge >= 0.3 is 0 Å². The zero-order valence-electron chi connectivity index (χ0n) is 16.0. The lowest BCUT2D eigenvalue weighted by Crippen LogP contribution is -2.54. The second-order valence-electron chi connectivity index (χ2n) is 7.68. The molecule has 4 heterocycles.